The number of pyridine rings is 1. The van der Waals surface area contributed by atoms with Crippen LogP contribution in [0.3, 0.4) is 0 Å². The number of nitrogens with one attached hydrogen (secondary N) is 1. The molecule has 0 radical (unpaired) electrons. The van der Waals surface area contributed by atoms with Gasteiger partial charge in [0.1, 0.15) is 5.75 Å². The van der Waals surface area contributed by atoms with E-state index in [1.54, 1.807) is 6.07 Å². The van der Waals surface area contributed by atoms with Gasteiger partial charge in [-0.1, -0.05) is 18.5 Å². The summed E-state index contributed by atoms with van der Waals surface area (Å²) in [5, 5.41) is 3.75. The van der Waals surface area contributed by atoms with Gasteiger partial charge in [-0.2, -0.15) is 0 Å². The van der Waals surface area contributed by atoms with E-state index >= 15 is 0 Å². The zero-order valence-corrected chi connectivity index (χ0v) is 12.3. The van der Waals surface area contributed by atoms with Gasteiger partial charge in [0.05, 0.1) is 5.02 Å². The van der Waals surface area contributed by atoms with Crippen LogP contribution in [0.2, 0.25) is 5.02 Å². The summed E-state index contributed by atoms with van der Waals surface area (Å²) >= 11 is 6.06. The zero-order chi connectivity index (χ0) is 15.2. The molecule has 1 aromatic heterocycles. The molecule has 0 saturated heterocycles. The first-order valence-electron chi connectivity index (χ1n) is 6.58. The largest absolute Gasteiger partial charge is 0.439 e. The third-order valence-corrected chi connectivity index (χ3v) is 3.11. The monoisotopic (exact) mass is 312 g/mol. The van der Waals surface area contributed by atoms with Gasteiger partial charge >= 0.3 is 0 Å². The SMILES string of the molecule is CCCNCc1cc(Oc2ccc(F)c(F)c2)ncc1Cl. The van der Waals surface area contributed by atoms with Gasteiger partial charge in [-0.3, -0.25) is 0 Å². The lowest BCUT2D eigenvalue weighted by Gasteiger charge is -2.09. The van der Waals surface area contributed by atoms with E-state index in [2.05, 4.69) is 17.2 Å². The minimum absolute atomic E-state index is 0.177. The first kappa shape index (κ1) is 15.7. The fourth-order valence-corrected chi connectivity index (χ4v) is 1.88. The highest BCUT2D eigenvalue weighted by molar-refractivity contribution is 6.31. The summed E-state index contributed by atoms with van der Waals surface area (Å²) in [4.78, 5) is 4.02. The summed E-state index contributed by atoms with van der Waals surface area (Å²) in [7, 11) is 0. The van der Waals surface area contributed by atoms with Crippen molar-refractivity contribution in [1.29, 1.82) is 0 Å². The number of nitrogens with zero attached hydrogens (tertiary/aromatic N) is 1. The molecule has 0 unspecified atom stereocenters. The van der Waals surface area contributed by atoms with Gasteiger partial charge in [-0.15, -0.1) is 0 Å². The summed E-state index contributed by atoms with van der Waals surface area (Å²) in [5.41, 5.74) is 0.831. The average molecular weight is 313 g/mol. The van der Waals surface area contributed by atoms with E-state index in [-0.39, 0.29) is 11.6 Å². The number of hydrogen-bond acceptors (Lipinski definition) is 3. The molecule has 3 nitrogen and oxygen atoms in total. The summed E-state index contributed by atoms with van der Waals surface area (Å²) in [6.45, 7) is 3.53. The third-order valence-electron chi connectivity index (χ3n) is 2.77. The van der Waals surface area contributed by atoms with E-state index < -0.39 is 11.6 Å². The van der Waals surface area contributed by atoms with Crippen molar-refractivity contribution < 1.29 is 13.5 Å². The summed E-state index contributed by atoms with van der Waals surface area (Å²) in [6.07, 6.45) is 2.49. The number of hydrogen-bond donors (Lipinski definition) is 1. The Hall–Kier alpha value is -1.72. The molecule has 1 N–H and O–H groups in total. The first-order chi connectivity index (χ1) is 10.1. The van der Waals surface area contributed by atoms with Crippen molar-refractivity contribution in [1.82, 2.24) is 10.3 Å². The van der Waals surface area contributed by atoms with Gasteiger partial charge in [-0.25, -0.2) is 13.8 Å². The van der Waals surface area contributed by atoms with Crippen LogP contribution in [0, 0.1) is 11.6 Å². The molecule has 0 saturated carbocycles. The second-order valence-electron chi connectivity index (χ2n) is 4.47. The Balaban J connectivity index is 2.12. The van der Waals surface area contributed by atoms with Crippen LogP contribution in [0.15, 0.2) is 30.5 Å². The Labute approximate surface area is 126 Å². The quantitative estimate of drug-likeness (QED) is 0.807. The van der Waals surface area contributed by atoms with E-state index in [4.69, 9.17) is 16.3 Å². The van der Waals surface area contributed by atoms with Crippen LogP contribution >= 0.6 is 11.6 Å². The van der Waals surface area contributed by atoms with Gasteiger partial charge in [0.15, 0.2) is 11.6 Å². The average Bonchev–Trinajstić information content (AvgIpc) is 2.46. The summed E-state index contributed by atoms with van der Waals surface area (Å²) in [5.74, 6) is -1.43. The Morgan fingerprint density at radius 2 is 2.05 bits per heavy atom. The second-order valence-corrected chi connectivity index (χ2v) is 4.88. The lowest BCUT2D eigenvalue weighted by molar-refractivity contribution is 0.447. The number of ether oxygens (including phenoxy) is 1. The predicted octanol–water partition coefficient (Wildman–Crippen LogP) is 4.31. The Kier molecular flexibility index (Phi) is 5.47. The highest BCUT2D eigenvalue weighted by Crippen LogP contribution is 2.25. The first-order valence-corrected chi connectivity index (χ1v) is 6.96. The van der Waals surface area contributed by atoms with Gasteiger partial charge in [0, 0.05) is 24.9 Å². The van der Waals surface area contributed by atoms with Gasteiger partial charge in [0.2, 0.25) is 5.88 Å². The van der Waals surface area contributed by atoms with Crippen molar-refractivity contribution in [3.05, 3.63) is 52.7 Å². The number of aromatic nitrogens is 1. The maximum Gasteiger partial charge on any atom is 0.219 e. The maximum atomic E-state index is 13.1. The van der Waals surface area contributed by atoms with Crippen molar-refractivity contribution in [2.24, 2.45) is 0 Å². The van der Waals surface area contributed by atoms with Crippen molar-refractivity contribution in [3.63, 3.8) is 0 Å². The Morgan fingerprint density at radius 1 is 1.24 bits per heavy atom. The molecule has 112 valence electrons. The van der Waals surface area contributed by atoms with E-state index in [1.807, 2.05) is 0 Å². The number of rotatable bonds is 6. The molecule has 0 amide bonds. The molecule has 1 aromatic carbocycles. The van der Waals surface area contributed by atoms with Gasteiger partial charge < -0.3 is 10.1 Å². The molecule has 6 heteroatoms. The molecule has 0 spiro atoms. The lowest BCUT2D eigenvalue weighted by atomic mass is 10.2. The third kappa shape index (κ3) is 4.37. The predicted molar refractivity (Wildman–Crippen MR) is 77.7 cm³/mol. The standard InChI is InChI=1S/C15H15ClF2N2O/c1-2-5-19-8-10-6-15(20-9-12(10)16)21-11-3-4-13(17)14(18)7-11/h3-4,6-7,9,19H,2,5,8H2,1H3. The van der Waals surface area contributed by atoms with E-state index in [0.717, 1.165) is 30.7 Å². The van der Waals surface area contributed by atoms with Crippen LogP contribution in [0.4, 0.5) is 8.78 Å². The highest BCUT2D eigenvalue weighted by atomic mass is 35.5. The molecular formula is C15H15ClF2N2O. The van der Waals surface area contributed by atoms with Crippen LogP contribution in [0.5, 0.6) is 11.6 Å². The molecule has 1 heterocycles. The topological polar surface area (TPSA) is 34.1 Å². The Bertz CT molecular complexity index is 623. The van der Waals surface area contributed by atoms with Crippen molar-refractivity contribution >= 4 is 11.6 Å². The lowest BCUT2D eigenvalue weighted by Crippen LogP contribution is -2.14. The number of halogens is 3. The fourth-order valence-electron chi connectivity index (χ4n) is 1.71. The minimum atomic E-state index is -0.966. The van der Waals surface area contributed by atoms with Crippen molar-refractivity contribution in [2.75, 3.05) is 6.54 Å². The zero-order valence-electron chi connectivity index (χ0n) is 11.5. The van der Waals surface area contributed by atoms with E-state index in [9.17, 15) is 8.78 Å². The van der Waals surface area contributed by atoms with Crippen LogP contribution in [-0.2, 0) is 6.54 Å². The molecule has 0 fully saturated rings. The summed E-state index contributed by atoms with van der Waals surface area (Å²) in [6, 6.07) is 4.99. The molecule has 0 aliphatic rings. The van der Waals surface area contributed by atoms with Crippen LogP contribution in [0.25, 0.3) is 0 Å². The second kappa shape index (κ2) is 7.33. The molecule has 0 aliphatic carbocycles. The normalized spacial score (nSPS) is 10.7. The molecule has 0 aliphatic heterocycles. The molecule has 0 bridgehead atoms. The van der Waals surface area contributed by atoms with Crippen molar-refractivity contribution in [2.45, 2.75) is 19.9 Å². The maximum absolute atomic E-state index is 13.1. The molecular weight excluding hydrogens is 298 g/mol. The van der Waals surface area contributed by atoms with Crippen LogP contribution < -0.4 is 10.1 Å². The molecule has 2 rings (SSSR count). The minimum Gasteiger partial charge on any atom is -0.439 e. The highest BCUT2D eigenvalue weighted by Gasteiger charge is 2.08. The van der Waals surface area contributed by atoms with Crippen molar-refractivity contribution in [3.8, 4) is 11.6 Å². The summed E-state index contributed by atoms with van der Waals surface area (Å²) < 4.78 is 31.4. The number of benzene rings is 1. The molecule has 2 aromatic rings. The van der Waals surface area contributed by atoms with Crippen LogP contribution in [0.1, 0.15) is 18.9 Å². The molecule has 0 atom stereocenters. The van der Waals surface area contributed by atoms with E-state index in [1.165, 1.54) is 12.3 Å². The van der Waals surface area contributed by atoms with Gasteiger partial charge in [0.25, 0.3) is 0 Å². The smallest absolute Gasteiger partial charge is 0.219 e. The van der Waals surface area contributed by atoms with Gasteiger partial charge in [-0.05, 0) is 30.7 Å². The molecule has 21 heavy (non-hydrogen) atoms. The Morgan fingerprint density at radius 3 is 2.76 bits per heavy atom. The fraction of sp³-hybridized carbons (Fsp3) is 0.267. The van der Waals surface area contributed by atoms with E-state index in [0.29, 0.717) is 11.6 Å². The van der Waals surface area contributed by atoms with Crippen LogP contribution in [-0.4, -0.2) is 11.5 Å².